The topological polar surface area (TPSA) is 53.3 Å². The summed E-state index contributed by atoms with van der Waals surface area (Å²) in [7, 11) is 0. The molecular formula is C13H20N4S. The van der Waals surface area contributed by atoms with Crippen LogP contribution in [0.5, 0.6) is 0 Å². The summed E-state index contributed by atoms with van der Waals surface area (Å²) < 4.78 is 0. The molecule has 0 amide bonds. The van der Waals surface area contributed by atoms with E-state index in [0.717, 1.165) is 32.5 Å². The van der Waals surface area contributed by atoms with Crippen molar-refractivity contribution in [3.63, 3.8) is 0 Å². The number of piperidine rings is 1. The first-order valence-electron chi connectivity index (χ1n) is 6.31. The van der Waals surface area contributed by atoms with Gasteiger partial charge >= 0.3 is 0 Å². The summed E-state index contributed by atoms with van der Waals surface area (Å²) in [4.78, 5) is 2.48. The Morgan fingerprint density at radius 3 is 2.56 bits per heavy atom. The predicted molar refractivity (Wildman–Crippen MR) is 77.8 cm³/mol. The molecule has 4 nitrogen and oxygen atoms in total. The van der Waals surface area contributed by atoms with Crippen LogP contribution < -0.4 is 16.6 Å². The highest BCUT2D eigenvalue weighted by Gasteiger charge is 2.19. The van der Waals surface area contributed by atoms with E-state index in [1.807, 2.05) is 0 Å². The zero-order valence-corrected chi connectivity index (χ0v) is 11.2. The molecule has 18 heavy (non-hydrogen) atoms. The quantitative estimate of drug-likeness (QED) is 0.432. The van der Waals surface area contributed by atoms with Crippen molar-refractivity contribution in [2.24, 2.45) is 5.84 Å². The second-order valence-electron chi connectivity index (χ2n) is 4.65. The van der Waals surface area contributed by atoms with E-state index in [0.29, 0.717) is 11.2 Å². The number of hydrogen-bond donors (Lipinski definition) is 3. The molecule has 0 bridgehead atoms. The van der Waals surface area contributed by atoms with Gasteiger partial charge in [0.25, 0.3) is 0 Å². The monoisotopic (exact) mass is 264 g/mol. The molecule has 98 valence electrons. The van der Waals surface area contributed by atoms with Gasteiger partial charge in [-0.25, -0.2) is 5.84 Å². The van der Waals surface area contributed by atoms with Crippen LogP contribution in [0.1, 0.15) is 18.4 Å². The van der Waals surface area contributed by atoms with Crippen molar-refractivity contribution in [1.29, 1.82) is 0 Å². The summed E-state index contributed by atoms with van der Waals surface area (Å²) in [6.45, 7) is 3.23. The Hall–Kier alpha value is -1.17. The Bertz CT molecular complexity index is 374. The molecule has 1 aromatic rings. The number of nitrogens with zero attached hydrogens (tertiary/aromatic N) is 1. The molecular weight excluding hydrogens is 244 g/mol. The molecule has 0 aromatic heterocycles. The van der Waals surface area contributed by atoms with Crippen molar-refractivity contribution >= 4 is 17.3 Å². The smallest absolute Gasteiger partial charge is 0.180 e. The first-order chi connectivity index (χ1) is 8.78. The third-order valence-corrected chi connectivity index (χ3v) is 3.54. The number of benzene rings is 1. The van der Waals surface area contributed by atoms with Gasteiger partial charge in [0.15, 0.2) is 5.11 Å². The molecule has 0 saturated carbocycles. The minimum absolute atomic E-state index is 0.445. The normalized spacial score (nSPS) is 17.4. The number of hydrazine groups is 1. The standard InChI is InChI=1S/C13H20N4S/c14-16-13(18)15-12-6-8-17(9-7-12)10-11-4-2-1-3-5-11/h1-5,12H,6-10,14H2,(H2,15,16,18). The zero-order chi connectivity index (χ0) is 12.8. The SMILES string of the molecule is NNC(=S)NC1CCN(Cc2ccccc2)CC1. The molecule has 0 atom stereocenters. The highest BCUT2D eigenvalue weighted by atomic mass is 32.1. The molecule has 4 N–H and O–H groups in total. The van der Waals surface area contributed by atoms with E-state index in [9.17, 15) is 0 Å². The average Bonchev–Trinajstić information content (AvgIpc) is 2.42. The first kappa shape index (κ1) is 13.3. The summed E-state index contributed by atoms with van der Waals surface area (Å²) in [6.07, 6.45) is 2.21. The van der Waals surface area contributed by atoms with Gasteiger partial charge in [0.1, 0.15) is 0 Å². The lowest BCUT2D eigenvalue weighted by atomic mass is 10.0. The van der Waals surface area contributed by atoms with Crippen LogP contribution in [0.25, 0.3) is 0 Å². The largest absolute Gasteiger partial charge is 0.359 e. The molecule has 0 radical (unpaired) electrons. The molecule has 1 saturated heterocycles. The second-order valence-corrected chi connectivity index (χ2v) is 5.06. The van der Waals surface area contributed by atoms with Crippen molar-refractivity contribution in [3.8, 4) is 0 Å². The third-order valence-electron chi connectivity index (χ3n) is 3.30. The lowest BCUT2D eigenvalue weighted by molar-refractivity contribution is 0.199. The third kappa shape index (κ3) is 3.94. The maximum atomic E-state index is 5.25. The summed E-state index contributed by atoms with van der Waals surface area (Å²) in [6, 6.07) is 11.0. The van der Waals surface area contributed by atoms with Gasteiger partial charge in [0.2, 0.25) is 0 Å². The van der Waals surface area contributed by atoms with Crippen LogP contribution in [0.4, 0.5) is 0 Å². The summed E-state index contributed by atoms with van der Waals surface area (Å²) in [5, 5.41) is 3.76. The minimum Gasteiger partial charge on any atom is -0.359 e. The van der Waals surface area contributed by atoms with Gasteiger partial charge in [0, 0.05) is 25.7 Å². The van der Waals surface area contributed by atoms with E-state index in [-0.39, 0.29) is 0 Å². The molecule has 1 aliphatic rings. The lowest BCUT2D eigenvalue weighted by Crippen LogP contribution is -2.49. The van der Waals surface area contributed by atoms with E-state index in [1.54, 1.807) is 0 Å². The summed E-state index contributed by atoms with van der Waals surface area (Å²) in [5.74, 6) is 5.25. The summed E-state index contributed by atoms with van der Waals surface area (Å²) in [5.41, 5.74) is 3.85. The van der Waals surface area contributed by atoms with Crippen molar-refractivity contribution in [2.45, 2.75) is 25.4 Å². The first-order valence-corrected chi connectivity index (χ1v) is 6.72. The molecule has 0 unspecified atom stereocenters. The maximum absolute atomic E-state index is 5.25. The van der Waals surface area contributed by atoms with Gasteiger partial charge in [-0.1, -0.05) is 30.3 Å². The molecule has 1 fully saturated rings. The molecule has 1 aromatic carbocycles. The van der Waals surface area contributed by atoms with E-state index < -0.39 is 0 Å². The van der Waals surface area contributed by atoms with Gasteiger partial charge in [-0.3, -0.25) is 4.90 Å². The Balaban J connectivity index is 1.75. The van der Waals surface area contributed by atoms with Crippen LogP contribution in [-0.2, 0) is 6.54 Å². The Labute approximate surface area is 114 Å². The molecule has 2 rings (SSSR count). The van der Waals surface area contributed by atoms with Crippen LogP contribution in [0, 0.1) is 0 Å². The fourth-order valence-corrected chi connectivity index (χ4v) is 2.47. The fourth-order valence-electron chi connectivity index (χ4n) is 2.30. The molecule has 1 heterocycles. The van der Waals surface area contributed by atoms with E-state index in [4.69, 9.17) is 18.1 Å². The zero-order valence-electron chi connectivity index (χ0n) is 10.4. The molecule has 0 spiro atoms. The van der Waals surface area contributed by atoms with Crippen LogP contribution in [0.2, 0.25) is 0 Å². The van der Waals surface area contributed by atoms with Crippen LogP contribution in [0.3, 0.4) is 0 Å². The number of likely N-dealkylation sites (tertiary alicyclic amines) is 1. The van der Waals surface area contributed by atoms with Gasteiger partial charge in [-0.2, -0.15) is 0 Å². The second kappa shape index (κ2) is 6.68. The minimum atomic E-state index is 0.445. The highest BCUT2D eigenvalue weighted by Crippen LogP contribution is 2.13. The predicted octanol–water partition coefficient (Wildman–Crippen LogP) is 0.989. The van der Waals surface area contributed by atoms with Gasteiger partial charge < -0.3 is 10.7 Å². The van der Waals surface area contributed by atoms with Gasteiger partial charge in [0.05, 0.1) is 0 Å². The van der Waals surface area contributed by atoms with E-state index in [1.165, 1.54) is 5.56 Å². The fraction of sp³-hybridized carbons (Fsp3) is 0.462. The number of nitrogens with two attached hydrogens (primary N) is 1. The Morgan fingerprint density at radius 1 is 1.28 bits per heavy atom. The van der Waals surface area contributed by atoms with Gasteiger partial charge in [-0.15, -0.1) is 0 Å². The van der Waals surface area contributed by atoms with E-state index >= 15 is 0 Å². The number of thiocarbonyl (C=S) groups is 1. The highest BCUT2D eigenvalue weighted by molar-refractivity contribution is 7.80. The molecule has 0 aliphatic carbocycles. The van der Waals surface area contributed by atoms with E-state index in [2.05, 4.69) is 46.0 Å². The number of rotatable bonds is 3. The number of hydrogen-bond acceptors (Lipinski definition) is 3. The van der Waals surface area contributed by atoms with Crippen molar-refractivity contribution in [1.82, 2.24) is 15.6 Å². The molecule has 5 heteroatoms. The van der Waals surface area contributed by atoms with Crippen LogP contribution >= 0.6 is 12.2 Å². The van der Waals surface area contributed by atoms with Crippen molar-refractivity contribution in [2.75, 3.05) is 13.1 Å². The van der Waals surface area contributed by atoms with Crippen molar-refractivity contribution in [3.05, 3.63) is 35.9 Å². The Morgan fingerprint density at radius 2 is 1.94 bits per heavy atom. The van der Waals surface area contributed by atoms with Crippen LogP contribution in [0.15, 0.2) is 30.3 Å². The molecule has 1 aliphatic heterocycles. The Kier molecular flexibility index (Phi) is 4.92. The van der Waals surface area contributed by atoms with Crippen LogP contribution in [-0.4, -0.2) is 29.1 Å². The van der Waals surface area contributed by atoms with Gasteiger partial charge in [-0.05, 0) is 30.6 Å². The van der Waals surface area contributed by atoms with Crippen molar-refractivity contribution < 1.29 is 0 Å². The lowest BCUT2D eigenvalue weighted by Gasteiger charge is -2.32. The maximum Gasteiger partial charge on any atom is 0.180 e. The average molecular weight is 264 g/mol. The number of nitrogens with one attached hydrogen (secondary N) is 2. The summed E-state index contributed by atoms with van der Waals surface area (Å²) >= 11 is 5.01.